The third kappa shape index (κ3) is 2.89. The summed E-state index contributed by atoms with van der Waals surface area (Å²) in [5.41, 5.74) is 9.13. The minimum Gasteiger partial charge on any atom is -0.478 e. The predicted octanol–water partition coefficient (Wildman–Crippen LogP) is 4.99. The molecule has 0 saturated carbocycles. The third-order valence-corrected chi connectivity index (χ3v) is 4.49. The van der Waals surface area contributed by atoms with Crippen LogP contribution in [0.15, 0.2) is 72.8 Å². The standard InChI is InChI=1S/C22H15FN2O2/c23-17-7-3-1-5-15(17)13-9-11-14(12-10-13)21-20(24)19(22(26)27)16-6-2-4-8-18(16)25-21/h1-12H,24H2,(H,26,27). The van der Waals surface area contributed by atoms with Gasteiger partial charge in [-0.15, -0.1) is 0 Å². The summed E-state index contributed by atoms with van der Waals surface area (Å²) in [5.74, 6) is -1.41. The lowest BCUT2D eigenvalue weighted by molar-refractivity contribution is 0.0700. The van der Waals surface area contributed by atoms with Crippen LogP contribution in [-0.2, 0) is 0 Å². The highest BCUT2D eigenvalue weighted by Crippen LogP contribution is 2.33. The van der Waals surface area contributed by atoms with Crippen LogP contribution >= 0.6 is 0 Å². The fraction of sp³-hybridized carbons (Fsp3) is 0. The summed E-state index contributed by atoms with van der Waals surface area (Å²) in [5, 5.41) is 10.1. The molecular formula is C22H15FN2O2. The van der Waals surface area contributed by atoms with Crippen molar-refractivity contribution in [3.8, 4) is 22.4 Å². The average molecular weight is 358 g/mol. The Hall–Kier alpha value is -3.73. The molecule has 27 heavy (non-hydrogen) atoms. The van der Waals surface area contributed by atoms with Gasteiger partial charge in [-0.2, -0.15) is 0 Å². The van der Waals surface area contributed by atoms with Gasteiger partial charge in [0.25, 0.3) is 0 Å². The second-order valence-corrected chi connectivity index (χ2v) is 6.13. The molecule has 0 bridgehead atoms. The molecule has 4 rings (SSSR count). The second kappa shape index (κ2) is 6.53. The van der Waals surface area contributed by atoms with Gasteiger partial charge in [-0.3, -0.25) is 0 Å². The molecule has 0 saturated heterocycles. The number of nitrogen functional groups attached to an aromatic ring is 1. The van der Waals surface area contributed by atoms with Gasteiger partial charge >= 0.3 is 5.97 Å². The van der Waals surface area contributed by atoms with Crippen LogP contribution in [0.25, 0.3) is 33.3 Å². The Bertz CT molecular complexity index is 1170. The van der Waals surface area contributed by atoms with E-state index in [2.05, 4.69) is 4.98 Å². The van der Waals surface area contributed by atoms with E-state index in [1.807, 2.05) is 0 Å². The quantitative estimate of drug-likeness (QED) is 0.541. The Morgan fingerprint density at radius 2 is 1.52 bits per heavy atom. The van der Waals surface area contributed by atoms with E-state index in [4.69, 9.17) is 5.73 Å². The number of pyridine rings is 1. The molecular weight excluding hydrogens is 343 g/mol. The van der Waals surface area contributed by atoms with Gasteiger partial charge in [0.05, 0.1) is 22.5 Å². The largest absolute Gasteiger partial charge is 0.478 e. The normalized spacial score (nSPS) is 10.9. The first kappa shape index (κ1) is 16.7. The number of carboxylic acid groups (broad SMARTS) is 1. The number of carbonyl (C=O) groups is 1. The fourth-order valence-electron chi connectivity index (χ4n) is 3.18. The van der Waals surface area contributed by atoms with Crippen molar-refractivity contribution in [2.24, 2.45) is 0 Å². The maximum absolute atomic E-state index is 14.0. The molecule has 5 heteroatoms. The number of aromatic carboxylic acids is 1. The zero-order valence-corrected chi connectivity index (χ0v) is 14.2. The zero-order chi connectivity index (χ0) is 19.0. The number of anilines is 1. The van der Waals surface area contributed by atoms with Gasteiger partial charge in [-0.05, 0) is 17.7 Å². The Morgan fingerprint density at radius 1 is 0.889 bits per heavy atom. The van der Waals surface area contributed by atoms with Gasteiger partial charge in [-0.25, -0.2) is 14.2 Å². The third-order valence-electron chi connectivity index (χ3n) is 4.49. The van der Waals surface area contributed by atoms with Crippen LogP contribution in [0.2, 0.25) is 0 Å². The van der Waals surface area contributed by atoms with E-state index < -0.39 is 5.97 Å². The van der Waals surface area contributed by atoms with E-state index in [1.54, 1.807) is 66.7 Å². The monoisotopic (exact) mass is 358 g/mol. The van der Waals surface area contributed by atoms with Crippen molar-refractivity contribution in [2.75, 3.05) is 5.73 Å². The van der Waals surface area contributed by atoms with Crippen molar-refractivity contribution in [1.29, 1.82) is 0 Å². The van der Waals surface area contributed by atoms with Crippen LogP contribution in [-0.4, -0.2) is 16.1 Å². The topological polar surface area (TPSA) is 76.2 Å². The summed E-state index contributed by atoms with van der Waals surface area (Å²) < 4.78 is 14.0. The number of fused-ring (bicyclic) bond motifs is 1. The number of nitrogens with zero attached hydrogens (tertiary/aromatic N) is 1. The lowest BCUT2D eigenvalue weighted by atomic mass is 9.99. The van der Waals surface area contributed by atoms with Gasteiger partial charge < -0.3 is 10.8 Å². The van der Waals surface area contributed by atoms with Crippen LogP contribution in [0.4, 0.5) is 10.1 Å². The van der Waals surface area contributed by atoms with Crippen LogP contribution in [0.1, 0.15) is 10.4 Å². The van der Waals surface area contributed by atoms with Crippen LogP contribution in [0.5, 0.6) is 0 Å². The van der Waals surface area contributed by atoms with Gasteiger partial charge in [0.1, 0.15) is 5.82 Å². The van der Waals surface area contributed by atoms with E-state index in [-0.39, 0.29) is 17.1 Å². The van der Waals surface area contributed by atoms with Gasteiger partial charge in [0.15, 0.2) is 0 Å². The number of benzene rings is 3. The predicted molar refractivity (Wildman–Crippen MR) is 104 cm³/mol. The van der Waals surface area contributed by atoms with E-state index in [9.17, 15) is 14.3 Å². The first-order valence-electron chi connectivity index (χ1n) is 8.33. The summed E-state index contributed by atoms with van der Waals surface area (Å²) in [6.07, 6.45) is 0. The summed E-state index contributed by atoms with van der Waals surface area (Å²) in [6.45, 7) is 0. The number of para-hydroxylation sites is 1. The highest BCUT2D eigenvalue weighted by atomic mass is 19.1. The molecule has 4 aromatic rings. The smallest absolute Gasteiger partial charge is 0.338 e. The molecule has 0 aliphatic heterocycles. The Morgan fingerprint density at radius 3 is 2.22 bits per heavy atom. The van der Waals surface area contributed by atoms with E-state index in [0.717, 1.165) is 5.56 Å². The highest BCUT2D eigenvalue weighted by Gasteiger charge is 2.19. The number of carboxylic acids is 1. The van der Waals surface area contributed by atoms with E-state index in [1.165, 1.54) is 6.07 Å². The molecule has 3 N–H and O–H groups in total. The van der Waals surface area contributed by atoms with Crippen molar-refractivity contribution >= 4 is 22.6 Å². The molecule has 1 aromatic heterocycles. The molecule has 0 aliphatic carbocycles. The Balaban J connectivity index is 1.87. The number of nitrogens with two attached hydrogens (primary N) is 1. The molecule has 0 radical (unpaired) electrons. The van der Waals surface area contributed by atoms with Crippen molar-refractivity contribution < 1.29 is 14.3 Å². The number of hydrogen-bond acceptors (Lipinski definition) is 3. The molecule has 0 fully saturated rings. The molecule has 4 nitrogen and oxygen atoms in total. The molecule has 0 unspecified atom stereocenters. The van der Waals surface area contributed by atoms with Crippen molar-refractivity contribution in [3.63, 3.8) is 0 Å². The number of hydrogen-bond donors (Lipinski definition) is 2. The minimum absolute atomic E-state index is 0.0359. The van der Waals surface area contributed by atoms with Gasteiger partial charge in [0.2, 0.25) is 0 Å². The van der Waals surface area contributed by atoms with Crippen molar-refractivity contribution in [1.82, 2.24) is 4.98 Å². The molecule has 3 aromatic carbocycles. The first-order chi connectivity index (χ1) is 13.1. The summed E-state index contributed by atoms with van der Waals surface area (Å²) in [4.78, 5) is 16.3. The summed E-state index contributed by atoms with van der Waals surface area (Å²) in [6, 6.07) is 20.6. The minimum atomic E-state index is -1.10. The summed E-state index contributed by atoms with van der Waals surface area (Å²) >= 11 is 0. The Kier molecular flexibility index (Phi) is 4.05. The lowest BCUT2D eigenvalue weighted by Gasteiger charge is -2.12. The molecule has 0 spiro atoms. The summed E-state index contributed by atoms with van der Waals surface area (Å²) in [7, 11) is 0. The molecule has 0 aliphatic rings. The number of halogens is 1. The average Bonchev–Trinajstić information content (AvgIpc) is 2.68. The van der Waals surface area contributed by atoms with Crippen LogP contribution in [0, 0.1) is 5.82 Å². The second-order valence-electron chi connectivity index (χ2n) is 6.13. The van der Waals surface area contributed by atoms with Crippen molar-refractivity contribution in [2.45, 2.75) is 0 Å². The van der Waals surface area contributed by atoms with Gasteiger partial charge in [-0.1, -0.05) is 60.7 Å². The lowest BCUT2D eigenvalue weighted by Crippen LogP contribution is -2.07. The zero-order valence-electron chi connectivity index (χ0n) is 14.2. The maximum atomic E-state index is 14.0. The van der Waals surface area contributed by atoms with Crippen molar-refractivity contribution in [3.05, 3.63) is 84.2 Å². The molecule has 0 amide bonds. The maximum Gasteiger partial charge on any atom is 0.338 e. The Labute approximate surface area is 154 Å². The molecule has 1 heterocycles. The van der Waals surface area contributed by atoms with Crippen LogP contribution in [0.3, 0.4) is 0 Å². The van der Waals surface area contributed by atoms with E-state index >= 15 is 0 Å². The number of aromatic nitrogens is 1. The van der Waals surface area contributed by atoms with Gasteiger partial charge in [0, 0.05) is 16.5 Å². The first-order valence-corrected chi connectivity index (χ1v) is 8.33. The molecule has 0 atom stereocenters. The molecule has 132 valence electrons. The van der Waals surface area contributed by atoms with E-state index in [0.29, 0.717) is 27.7 Å². The highest BCUT2D eigenvalue weighted by molar-refractivity contribution is 6.09. The fourth-order valence-corrected chi connectivity index (χ4v) is 3.18. The number of rotatable bonds is 3. The van der Waals surface area contributed by atoms with Crippen LogP contribution < -0.4 is 5.73 Å². The SMILES string of the molecule is Nc1c(-c2ccc(-c3ccccc3F)cc2)nc2ccccc2c1C(=O)O.